The number of nitrogens with zero attached hydrogens (tertiary/aromatic N) is 3. The maximum atomic E-state index is 6.27. The Labute approximate surface area is 176 Å². The largest absolute Gasteiger partial charge is 0.471 e. The SMILES string of the molecule is Cc1nc2cc(-c3cnc(N[C@H]4CC[C@H](C)CC4)nc3O[C@@H]3CCOC3)ccc2o1. The summed E-state index contributed by atoms with van der Waals surface area (Å²) >= 11 is 0. The van der Waals surface area contributed by atoms with Crippen molar-refractivity contribution in [2.75, 3.05) is 18.5 Å². The monoisotopic (exact) mass is 408 g/mol. The first-order chi connectivity index (χ1) is 14.6. The van der Waals surface area contributed by atoms with Gasteiger partial charge in [-0.1, -0.05) is 13.0 Å². The number of nitrogens with one attached hydrogen (secondary N) is 1. The fourth-order valence-corrected chi connectivity index (χ4v) is 4.28. The third kappa shape index (κ3) is 4.12. The minimum Gasteiger partial charge on any atom is -0.471 e. The van der Waals surface area contributed by atoms with E-state index in [1.807, 2.05) is 31.3 Å². The van der Waals surface area contributed by atoms with Crippen LogP contribution in [0.4, 0.5) is 5.95 Å². The molecule has 30 heavy (non-hydrogen) atoms. The van der Waals surface area contributed by atoms with E-state index in [2.05, 4.69) is 22.2 Å². The van der Waals surface area contributed by atoms with Gasteiger partial charge in [0.05, 0.1) is 18.8 Å². The smallest absolute Gasteiger partial charge is 0.226 e. The van der Waals surface area contributed by atoms with Crippen LogP contribution in [0.3, 0.4) is 0 Å². The molecule has 1 atom stereocenters. The van der Waals surface area contributed by atoms with E-state index >= 15 is 0 Å². The molecule has 5 rings (SSSR count). The molecule has 7 heteroatoms. The van der Waals surface area contributed by atoms with Crippen molar-refractivity contribution in [3.05, 3.63) is 30.3 Å². The summed E-state index contributed by atoms with van der Waals surface area (Å²) in [5.41, 5.74) is 3.40. The summed E-state index contributed by atoms with van der Waals surface area (Å²) in [6, 6.07) is 6.35. The van der Waals surface area contributed by atoms with E-state index in [0.29, 0.717) is 30.4 Å². The van der Waals surface area contributed by atoms with Gasteiger partial charge in [-0.2, -0.15) is 4.98 Å². The van der Waals surface area contributed by atoms with Gasteiger partial charge in [-0.15, -0.1) is 0 Å². The van der Waals surface area contributed by atoms with Gasteiger partial charge in [-0.25, -0.2) is 9.97 Å². The Bertz CT molecular complexity index is 1020. The van der Waals surface area contributed by atoms with Crippen LogP contribution in [-0.2, 0) is 4.74 Å². The average Bonchev–Trinajstić information content (AvgIpc) is 3.38. The zero-order valence-electron chi connectivity index (χ0n) is 17.6. The minimum atomic E-state index is 0.0139. The Morgan fingerprint density at radius 1 is 1.10 bits per heavy atom. The van der Waals surface area contributed by atoms with E-state index in [1.54, 1.807) is 0 Å². The van der Waals surface area contributed by atoms with Crippen molar-refractivity contribution in [1.82, 2.24) is 15.0 Å². The lowest BCUT2D eigenvalue weighted by Gasteiger charge is -2.27. The number of anilines is 1. The van der Waals surface area contributed by atoms with Gasteiger partial charge in [-0.3, -0.25) is 0 Å². The molecule has 1 saturated carbocycles. The number of aryl methyl sites for hydroxylation is 1. The number of hydrogen-bond donors (Lipinski definition) is 1. The second kappa shape index (κ2) is 8.22. The van der Waals surface area contributed by atoms with Crippen LogP contribution in [0.1, 0.15) is 44.9 Å². The number of rotatable bonds is 5. The molecule has 1 aromatic carbocycles. The minimum absolute atomic E-state index is 0.0139. The molecule has 1 N–H and O–H groups in total. The van der Waals surface area contributed by atoms with E-state index in [0.717, 1.165) is 54.0 Å². The summed E-state index contributed by atoms with van der Waals surface area (Å²) in [4.78, 5) is 13.8. The summed E-state index contributed by atoms with van der Waals surface area (Å²) in [5.74, 6) is 2.68. The van der Waals surface area contributed by atoms with Crippen molar-refractivity contribution in [2.24, 2.45) is 5.92 Å². The molecule has 2 aliphatic rings. The molecule has 0 amide bonds. The van der Waals surface area contributed by atoms with Crippen LogP contribution in [-0.4, -0.2) is 40.3 Å². The molecule has 0 unspecified atom stereocenters. The van der Waals surface area contributed by atoms with E-state index in [9.17, 15) is 0 Å². The van der Waals surface area contributed by atoms with Gasteiger partial charge in [0, 0.05) is 25.6 Å². The van der Waals surface area contributed by atoms with Crippen LogP contribution in [0, 0.1) is 12.8 Å². The van der Waals surface area contributed by atoms with Gasteiger partial charge in [0.25, 0.3) is 0 Å². The quantitative estimate of drug-likeness (QED) is 0.652. The van der Waals surface area contributed by atoms with Gasteiger partial charge in [-0.05, 0) is 49.3 Å². The summed E-state index contributed by atoms with van der Waals surface area (Å²) < 4.78 is 17.4. The number of fused-ring (bicyclic) bond motifs is 1. The molecule has 1 aliphatic carbocycles. The Morgan fingerprint density at radius 3 is 2.77 bits per heavy atom. The highest BCUT2D eigenvalue weighted by molar-refractivity contribution is 5.81. The van der Waals surface area contributed by atoms with Gasteiger partial charge < -0.3 is 19.2 Å². The highest BCUT2D eigenvalue weighted by Gasteiger charge is 2.23. The summed E-state index contributed by atoms with van der Waals surface area (Å²) in [5, 5.41) is 3.52. The van der Waals surface area contributed by atoms with Gasteiger partial charge in [0.15, 0.2) is 11.5 Å². The van der Waals surface area contributed by atoms with Gasteiger partial charge >= 0.3 is 0 Å². The van der Waals surface area contributed by atoms with Crippen molar-refractivity contribution < 1.29 is 13.9 Å². The van der Waals surface area contributed by atoms with Crippen molar-refractivity contribution in [1.29, 1.82) is 0 Å². The Hall–Kier alpha value is -2.67. The first-order valence-corrected chi connectivity index (χ1v) is 10.9. The highest BCUT2D eigenvalue weighted by Crippen LogP contribution is 2.33. The van der Waals surface area contributed by atoms with Crippen molar-refractivity contribution in [2.45, 2.75) is 58.1 Å². The highest BCUT2D eigenvalue weighted by atomic mass is 16.5. The molecule has 1 saturated heterocycles. The average molecular weight is 409 g/mol. The van der Waals surface area contributed by atoms with E-state index in [-0.39, 0.29) is 6.10 Å². The molecule has 2 fully saturated rings. The van der Waals surface area contributed by atoms with Crippen molar-refractivity contribution in [3.8, 4) is 17.0 Å². The van der Waals surface area contributed by atoms with Crippen LogP contribution < -0.4 is 10.1 Å². The second-order valence-corrected chi connectivity index (χ2v) is 8.53. The molecule has 0 bridgehead atoms. The number of benzene rings is 1. The van der Waals surface area contributed by atoms with E-state index in [1.165, 1.54) is 12.8 Å². The zero-order chi connectivity index (χ0) is 20.5. The van der Waals surface area contributed by atoms with Crippen LogP contribution in [0.25, 0.3) is 22.2 Å². The first-order valence-electron chi connectivity index (χ1n) is 10.9. The van der Waals surface area contributed by atoms with Crippen LogP contribution >= 0.6 is 0 Å². The maximum Gasteiger partial charge on any atom is 0.226 e. The molecular weight excluding hydrogens is 380 g/mol. The predicted molar refractivity (Wildman–Crippen MR) is 115 cm³/mol. The molecule has 3 heterocycles. The third-order valence-corrected chi connectivity index (χ3v) is 6.07. The number of oxazole rings is 1. The molecule has 158 valence electrons. The summed E-state index contributed by atoms with van der Waals surface area (Å²) in [7, 11) is 0. The van der Waals surface area contributed by atoms with Crippen LogP contribution in [0.5, 0.6) is 5.88 Å². The van der Waals surface area contributed by atoms with Crippen LogP contribution in [0.15, 0.2) is 28.8 Å². The number of hydrogen-bond acceptors (Lipinski definition) is 7. The fraction of sp³-hybridized carbons (Fsp3) is 0.522. The maximum absolute atomic E-state index is 6.27. The van der Waals surface area contributed by atoms with Crippen LogP contribution in [0.2, 0.25) is 0 Å². The Balaban J connectivity index is 1.45. The lowest BCUT2D eigenvalue weighted by Crippen LogP contribution is -2.26. The van der Waals surface area contributed by atoms with Gasteiger partial charge in [0.2, 0.25) is 11.8 Å². The lowest BCUT2D eigenvalue weighted by molar-refractivity contribution is 0.138. The van der Waals surface area contributed by atoms with Gasteiger partial charge in [0.1, 0.15) is 11.6 Å². The summed E-state index contributed by atoms with van der Waals surface area (Å²) in [6.45, 7) is 5.49. The third-order valence-electron chi connectivity index (χ3n) is 6.07. The zero-order valence-corrected chi connectivity index (χ0v) is 17.6. The number of aromatic nitrogens is 3. The molecule has 0 radical (unpaired) electrons. The topological polar surface area (TPSA) is 82.3 Å². The lowest BCUT2D eigenvalue weighted by atomic mass is 9.87. The van der Waals surface area contributed by atoms with E-state index < -0.39 is 0 Å². The fourth-order valence-electron chi connectivity index (χ4n) is 4.28. The van der Waals surface area contributed by atoms with Crippen molar-refractivity contribution in [3.63, 3.8) is 0 Å². The van der Waals surface area contributed by atoms with Crippen molar-refractivity contribution >= 4 is 17.0 Å². The number of ether oxygens (including phenoxy) is 2. The molecule has 3 aromatic rings. The first kappa shape index (κ1) is 19.3. The standard InChI is InChI=1S/C23H28N4O3/c1-14-3-6-17(7-4-14)26-23-24-12-19(22(27-23)30-18-9-10-28-13-18)16-5-8-21-20(11-16)25-15(2)29-21/h5,8,11-12,14,17-18H,3-4,6-7,9-10,13H2,1-2H3,(H,24,26,27)/t14-,17-,18-/m1/s1. The Kier molecular flexibility index (Phi) is 5.29. The molecule has 7 nitrogen and oxygen atoms in total. The molecule has 1 aliphatic heterocycles. The molecule has 2 aromatic heterocycles. The predicted octanol–water partition coefficient (Wildman–Crippen LogP) is 4.75. The second-order valence-electron chi connectivity index (χ2n) is 8.53. The summed E-state index contributed by atoms with van der Waals surface area (Å²) in [6.07, 6.45) is 7.53. The molecular formula is C23H28N4O3. The normalized spacial score (nSPS) is 24.3. The molecule has 0 spiro atoms. The Morgan fingerprint density at radius 2 is 1.97 bits per heavy atom. The van der Waals surface area contributed by atoms with E-state index in [4.69, 9.17) is 18.9 Å².